The number of hydrogen-bond acceptors (Lipinski definition) is 3. The molecule has 28 heavy (non-hydrogen) atoms. The van der Waals surface area contributed by atoms with E-state index in [-0.39, 0.29) is 18.5 Å². The Morgan fingerprint density at radius 3 is 2.39 bits per heavy atom. The second kappa shape index (κ2) is 8.69. The largest absolute Gasteiger partial charge is 0.340 e. The SMILES string of the molecule is O=C(CN1CCN(c2ccccc2)C1=O)N1CCSC(c2ccccc2)CC1. The van der Waals surface area contributed by atoms with Crippen LogP contribution in [0.1, 0.15) is 17.2 Å². The maximum Gasteiger partial charge on any atom is 0.325 e. The van der Waals surface area contributed by atoms with Crippen molar-refractivity contribution >= 4 is 29.4 Å². The molecule has 3 amide bonds. The van der Waals surface area contributed by atoms with E-state index in [9.17, 15) is 9.59 Å². The lowest BCUT2D eigenvalue weighted by Crippen LogP contribution is -2.43. The minimum Gasteiger partial charge on any atom is -0.340 e. The molecule has 0 saturated carbocycles. The van der Waals surface area contributed by atoms with Gasteiger partial charge in [-0.3, -0.25) is 9.69 Å². The summed E-state index contributed by atoms with van der Waals surface area (Å²) >= 11 is 1.92. The lowest BCUT2D eigenvalue weighted by Gasteiger charge is -2.24. The molecule has 2 fully saturated rings. The van der Waals surface area contributed by atoms with Gasteiger partial charge in [-0.25, -0.2) is 4.79 Å². The highest BCUT2D eigenvalue weighted by Crippen LogP contribution is 2.34. The zero-order valence-electron chi connectivity index (χ0n) is 15.9. The molecule has 146 valence electrons. The van der Waals surface area contributed by atoms with Gasteiger partial charge in [0.1, 0.15) is 6.54 Å². The van der Waals surface area contributed by atoms with E-state index in [0.717, 1.165) is 31.0 Å². The van der Waals surface area contributed by atoms with E-state index in [1.165, 1.54) is 5.56 Å². The number of para-hydroxylation sites is 1. The molecule has 5 nitrogen and oxygen atoms in total. The summed E-state index contributed by atoms with van der Waals surface area (Å²) in [6, 6.07) is 20.1. The average molecular weight is 396 g/mol. The summed E-state index contributed by atoms with van der Waals surface area (Å²) < 4.78 is 0. The minimum absolute atomic E-state index is 0.0533. The molecule has 2 saturated heterocycles. The maximum atomic E-state index is 12.8. The highest BCUT2D eigenvalue weighted by Gasteiger charge is 2.32. The summed E-state index contributed by atoms with van der Waals surface area (Å²) in [5.74, 6) is 0.979. The van der Waals surface area contributed by atoms with E-state index >= 15 is 0 Å². The standard InChI is InChI=1S/C22H25N3O2S/c26-21(17-24-13-14-25(22(24)27)19-9-5-2-6-10-19)23-12-11-20(28-16-15-23)18-7-3-1-4-8-18/h1-10,20H,11-17H2. The Kier molecular flexibility index (Phi) is 5.86. The zero-order chi connectivity index (χ0) is 19.3. The first-order valence-corrected chi connectivity index (χ1v) is 10.8. The van der Waals surface area contributed by atoms with Gasteiger partial charge in [0.2, 0.25) is 5.91 Å². The number of benzene rings is 2. The number of thioether (sulfide) groups is 1. The lowest BCUT2D eigenvalue weighted by atomic mass is 10.1. The van der Waals surface area contributed by atoms with Crippen molar-refractivity contribution in [3.05, 3.63) is 66.2 Å². The van der Waals surface area contributed by atoms with Crippen LogP contribution in [0.25, 0.3) is 0 Å². The minimum atomic E-state index is -0.0779. The first kappa shape index (κ1) is 18.9. The third-order valence-electron chi connectivity index (χ3n) is 5.35. The summed E-state index contributed by atoms with van der Waals surface area (Å²) in [6.07, 6.45) is 0.949. The van der Waals surface area contributed by atoms with Crippen LogP contribution in [0.2, 0.25) is 0 Å². The molecule has 6 heteroatoms. The predicted octanol–water partition coefficient (Wildman–Crippen LogP) is 3.64. The van der Waals surface area contributed by atoms with E-state index in [4.69, 9.17) is 0 Å². The van der Waals surface area contributed by atoms with Gasteiger partial charge in [-0.2, -0.15) is 11.8 Å². The van der Waals surface area contributed by atoms with Crippen LogP contribution in [-0.4, -0.2) is 60.2 Å². The number of urea groups is 1. The van der Waals surface area contributed by atoms with Crippen molar-refractivity contribution in [2.45, 2.75) is 11.7 Å². The van der Waals surface area contributed by atoms with Gasteiger partial charge in [0, 0.05) is 42.9 Å². The van der Waals surface area contributed by atoms with Gasteiger partial charge in [-0.1, -0.05) is 48.5 Å². The highest BCUT2D eigenvalue weighted by molar-refractivity contribution is 7.99. The van der Waals surface area contributed by atoms with Gasteiger partial charge < -0.3 is 9.80 Å². The van der Waals surface area contributed by atoms with E-state index in [1.807, 2.05) is 53.1 Å². The van der Waals surface area contributed by atoms with Crippen molar-refractivity contribution in [3.8, 4) is 0 Å². The second-order valence-electron chi connectivity index (χ2n) is 7.13. The normalized spacial score (nSPS) is 20.4. The first-order chi connectivity index (χ1) is 13.7. The Hall–Kier alpha value is -2.47. The fraction of sp³-hybridized carbons (Fsp3) is 0.364. The van der Waals surface area contributed by atoms with Gasteiger partial charge in [-0.15, -0.1) is 0 Å². The van der Waals surface area contributed by atoms with Crippen molar-refractivity contribution < 1.29 is 9.59 Å². The monoisotopic (exact) mass is 395 g/mol. The van der Waals surface area contributed by atoms with Crippen molar-refractivity contribution in [1.29, 1.82) is 0 Å². The number of carbonyl (C=O) groups excluding carboxylic acids is 2. The molecule has 0 radical (unpaired) electrons. The van der Waals surface area contributed by atoms with Crippen molar-refractivity contribution in [1.82, 2.24) is 9.80 Å². The van der Waals surface area contributed by atoms with Crippen LogP contribution in [0.3, 0.4) is 0 Å². The number of amides is 3. The Labute approximate surface area is 170 Å². The Morgan fingerprint density at radius 1 is 0.929 bits per heavy atom. The predicted molar refractivity (Wildman–Crippen MR) is 114 cm³/mol. The highest BCUT2D eigenvalue weighted by atomic mass is 32.2. The quantitative estimate of drug-likeness (QED) is 0.794. The van der Waals surface area contributed by atoms with E-state index in [0.29, 0.717) is 18.3 Å². The molecule has 0 bridgehead atoms. The van der Waals surface area contributed by atoms with Crippen LogP contribution in [-0.2, 0) is 4.79 Å². The number of nitrogens with zero attached hydrogens (tertiary/aromatic N) is 3. The third kappa shape index (κ3) is 4.17. The summed E-state index contributed by atoms with van der Waals surface area (Å²) in [7, 11) is 0. The van der Waals surface area contributed by atoms with Crippen LogP contribution >= 0.6 is 11.8 Å². The molecular weight excluding hydrogens is 370 g/mol. The van der Waals surface area contributed by atoms with Gasteiger partial charge in [0.15, 0.2) is 0 Å². The molecule has 0 aromatic heterocycles. The van der Waals surface area contributed by atoms with Gasteiger partial charge in [0.05, 0.1) is 0 Å². The average Bonchev–Trinajstić information content (AvgIpc) is 2.95. The molecule has 2 heterocycles. The molecule has 2 aliphatic rings. The second-order valence-corrected chi connectivity index (χ2v) is 8.44. The zero-order valence-corrected chi connectivity index (χ0v) is 16.7. The molecular formula is C22H25N3O2S. The number of carbonyl (C=O) groups is 2. The van der Waals surface area contributed by atoms with Crippen LogP contribution < -0.4 is 4.90 Å². The molecule has 1 unspecified atom stereocenters. The third-order valence-corrected chi connectivity index (χ3v) is 6.68. The van der Waals surface area contributed by atoms with Crippen LogP contribution in [0.4, 0.5) is 10.5 Å². The Morgan fingerprint density at radius 2 is 1.64 bits per heavy atom. The molecule has 0 N–H and O–H groups in total. The van der Waals surface area contributed by atoms with Gasteiger partial charge in [0.25, 0.3) is 0 Å². The summed E-state index contributed by atoms with van der Waals surface area (Å²) in [5.41, 5.74) is 2.22. The van der Waals surface area contributed by atoms with Crippen LogP contribution in [0.15, 0.2) is 60.7 Å². The first-order valence-electron chi connectivity index (χ1n) is 9.78. The van der Waals surface area contributed by atoms with Gasteiger partial charge >= 0.3 is 6.03 Å². The smallest absolute Gasteiger partial charge is 0.325 e. The van der Waals surface area contributed by atoms with Crippen LogP contribution in [0, 0.1) is 0 Å². The maximum absolute atomic E-state index is 12.8. The molecule has 2 aromatic carbocycles. The fourth-order valence-electron chi connectivity index (χ4n) is 3.79. The molecule has 1 atom stereocenters. The molecule has 0 spiro atoms. The number of rotatable bonds is 4. The topological polar surface area (TPSA) is 43.9 Å². The fourth-order valence-corrected chi connectivity index (χ4v) is 5.03. The Balaban J connectivity index is 1.33. The molecule has 0 aliphatic carbocycles. The van der Waals surface area contributed by atoms with Crippen molar-refractivity contribution in [3.63, 3.8) is 0 Å². The molecule has 2 aromatic rings. The summed E-state index contributed by atoms with van der Waals surface area (Å²) in [6.45, 7) is 2.88. The number of anilines is 1. The van der Waals surface area contributed by atoms with Crippen molar-refractivity contribution in [2.75, 3.05) is 43.4 Å². The summed E-state index contributed by atoms with van der Waals surface area (Å²) in [4.78, 5) is 30.9. The van der Waals surface area contributed by atoms with Crippen molar-refractivity contribution in [2.24, 2.45) is 0 Å². The van der Waals surface area contributed by atoms with E-state index in [1.54, 1.807) is 9.80 Å². The molecule has 2 aliphatic heterocycles. The number of hydrogen-bond donors (Lipinski definition) is 0. The summed E-state index contributed by atoms with van der Waals surface area (Å²) in [5, 5.41) is 0.431. The van der Waals surface area contributed by atoms with E-state index < -0.39 is 0 Å². The van der Waals surface area contributed by atoms with Gasteiger partial charge in [-0.05, 0) is 24.1 Å². The molecule has 4 rings (SSSR count). The van der Waals surface area contributed by atoms with E-state index in [2.05, 4.69) is 24.3 Å². The lowest BCUT2D eigenvalue weighted by molar-refractivity contribution is -0.131. The Bertz CT molecular complexity index is 815. The van der Waals surface area contributed by atoms with Crippen LogP contribution in [0.5, 0.6) is 0 Å².